The number of pyridine rings is 1. The highest BCUT2D eigenvalue weighted by molar-refractivity contribution is 6.07. The van der Waals surface area contributed by atoms with Gasteiger partial charge in [0.1, 0.15) is 11.6 Å². The van der Waals surface area contributed by atoms with Gasteiger partial charge in [-0.25, -0.2) is 4.98 Å². The van der Waals surface area contributed by atoms with E-state index in [1.54, 1.807) is 13.2 Å². The lowest BCUT2D eigenvalue weighted by Crippen LogP contribution is -2.16. The molecule has 3 N–H and O–H groups in total. The molecule has 0 aliphatic carbocycles. The summed E-state index contributed by atoms with van der Waals surface area (Å²) in [6, 6.07) is 9.13. The van der Waals surface area contributed by atoms with Crippen LogP contribution in [-0.2, 0) is 11.3 Å². The van der Waals surface area contributed by atoms with Crippen LogP contribution in [0.2, 0.25) is 0 Å². The van der Waals surface area contributed by atoms with Gasteiger partial charge < -0.3 is 20.5 Å². The van der Waals surface area contributed by atoms with Gasteiger partial charge in [0.05, 0.1) is 24.5 Å². The molecule has 1 aromatic heterocycles. The van der Waals surface area contributed by atoms with Crippen molar-refractivity contribution in [3.05, 3.63) is 47.2 Å². The smallest absolute Gasteiger partial charge is 0.259 e. The number of hydrogen-bond donors (Lipinski definition) is 2. The van der Waals surface area contributed by atoms with E-state index >= 15 is 0 Å². The molecule has 0 fully saturated rings. The average molecular weight is 386 g/mol. The van der Waals surface area contributed by atoms with E-state index in [9.17, 15) is 4.79 Å². The number of methoxy groups -OCH3 is 1. The van der Waals surface area contributed by atoms with E-state index in [0.717, 1.165) is 23.4 Å². The summed E-state index contributed by atoms with van der Waals surface area (Å²) in [5.74, 6) is 0.634. The molecule has 2 aromatic rings. The van der Waals surface area contributed by atoms with Gasteiger partial charge >= 0.3 is 0 Å². The molecule has 0 saturated carbocycles. The number of nitrogen functional groups attached to an aromatic ring is 1. The average Bonchev–Trinajstić information content (AvgIpc) is 2.67. The van der Waals surface area contributed by atoms with E-state index in [1.807, 2.05) is 31.2 Å². The number of nitrogens with zero attached hydrogens (tertiary/aromatic N) is 1. The summed E-state index contributed by atoms with van der Waals surface area (Å²) in [4.78, 5) is 16.9. The second-order valence-corrected chi connectivity index (χ2v) is 6.86. The predicted molar refractivity (Wildman–Crippen MR) is 113 cm³/mol. The summed E-state index contributed by atoms with van der Waals surface area (Å²) in [7, 11) is 1.60. The van der Waals surface area contributed by atoms with Crippen LogP contribution >= 0.6 is 0 Å². The van der Waals surface area contributed by atoms with Gasteiger partial charge in [-0.1, -0.05) is 38.7 Å². The maximum Gasteiger partial charge on any atom is 0.259 e. The minimum atomic E-state index is -0.297. The van der Waals surface area contributed by atoms with E-state index in [-0.39, 0.29) is 11.7 Å². The van der Waals surface area contributed by atoms with E-state index in [4.69, 9.17) is 15.2 Å². The van der Waals surface area contributed by atoms with Crippen LogP contribution < -0.4 is 15.8 Å². The zero-order chi connectivity index (χ0) is 20.4. The van der Waals surface area contributed by atoms with Gasteiger partial charge in [-0.05, 0) is 37.1 Å². The number of ether oxygens (including phenoxy) is 2. The van der Waals surface area contributed by atoms with E-state index in [2.05, 4.69) is 17.2 Å². The van der Waals surface area contributed by atoms with Gasteiger partial charge in [0, 0.05) is 18.9 Å². The summed E-state index contributed by atoms with van der Waals surface area (Å²) in [6.45, 7) is 5.12. The molecule has 0 spiro atoms. The maximum atomic E-state index is 12.6. The van der Waals surface area contributed by atoms with Crippen LogP contribution in [0.1, 0.15) is 60.6 Å². The molecule has 0 aliphatic rings. The molecular weight excluding hydrogens is 354 g/mol. The summed E-state index contributed by atoms with van der Waals surface area (Å²) < 4.78 is 10.9. The van der Waals surface area contributed by atoms with E-state index in [1.165, 1.54) is 25.7 Å². The fraction of sp³-hybridized carbons (Fsp3) is 0.455. The fourth-order valence-electron chi connectivity index (χ4n) is 2.89. The minimum absolute atomic E-state index is 0.189. The molecule has 0 bridgehead atoms. The molecule has 1 amide bonds. The third-order valence-electron chi connectivity index (χ3n) is 4.48. The Morgan fingerprint density at radius 3 is 2.71 bits per heavy atom. The van der Waals surface area contributed by atoms with Crippen molar-refractivity contribution in [1.82, 2.24) is 4.98 Å². The molecule has 2 rings (SSSR count). The molecule has 6 nitrogen and oxygen atoms in total. The number of nitrogens with one attached hydrogen (secondary N) is 1. The Bertz CT molecular complexity index is 778. The van der Waals surface area contributed by atoms with Crippen molar-refractivity contribution in [3.8, 4) is 5.75 Å². The monoisotopic (exact) mass is 385 g/mol. The molecule has 0 unspecified atom stereocenters. The summed E-state index contributed by atoms with van der Waals surface area (Å²) in [5.41, 5.74) is 8.56. The van der Waals surface area contributed by atoms with Gasteiger partial charge in [-0.2, -0.15) is 0 Å². The van der Waals surface area contributed by atoms with Crippen LogP contribution in [0.3, 0.4) is 0 Å². The fourth-order valence-corrected chi connectivity index (χ4v) is 2.89. The molecule has 6 heteroatoms. The maximum absolute atomic E-state index is 12.6. The molecule has 0 saturated heterocycles. The highest BCUT2D eigenvalue weighted by atomic mass is 16.5. The number of unbranched alkanes of at least 4 members (excludes halogenated alkanes) is 4. The summed E-state index contributed by atoms with van der Waals surface area (Å²) in [5, 5.41) is 2.87. The van der Waals surface area contributed by atoms with Crippen molar-refractivity contribution in [2.24, 2.45) is 0 Å². The number of nitrogens with two attached hydrogens (primary N) is 1. The van der Waals surface area contributed by atoms with Crippen LogP contribution in [0.15, 0.2) is 30.3 Å². The lowest BCUT2D eigenvalue weighted by Gasteiger charge is -2.12. The first-order valence-corrected chi connectivity index (χ1v) is 9.84. The number of carbonyl (C=O) groups is 1. The molecule has 1 aromatic carbocycles. The van der Waals surface area contributed by atoms with Crippen molar-refractivity contribution in [1.29, 1.82) is 0 Å². The Kier molecular flexibility index (Phi) is 8.75. The van der Waals surface area contributed by atoms with Crippen LogP contribution in [-0.4, -0.2) is 24.6 Å². The molecule has 0 atom stereocenters. The lowest BCUT2D eigenvalue weighted by molar-refractivity contribution is 0.102. The van der Waals surface area contributed by atoms with Crippen LogP contribution in [0.25, 0.3) is 0 Å². The van der Waals surface area contributed by atoms with Crippen molar-refractivity contribution in [3.63, 3.8) is 0 Å². The van der Waals surface area contributed by atoms with Crippen molar-refractivity contribution in [2.75, 3.05) is 24.8 Å². The zero-order valence-corrected chi connectivity index (χ0v) is 17.1. The standard InChI is InChI=1S/C22H31N3O3/c1-4-5-6-7-8-12-28-18-11-9-10-17(14-18)24-22(26)19-13-16(2)20(15-27-3)25-21(19)23/h9-11,13-14H,4-8,12,15H2,1-3H3,(H2,23,25)(H,24,26). The third-order valence-corrected chi connectivity index (χ3v) is 4.48. The number of aryl methyl sites for hydroxylation is 1. The van der Waals surface area contributed by atoms with Gasteiger partial charge in [0.2, 0.25) is 0 Å². The minimum Gasteiger partial charge on any atom is -0.494 e. The Morgan fingerprint density at radius 1 is 1.18 bits per heavy atom. The van der Waals surface area contributed by atoms with E-state index in [0.29, 0.717) is 24.5 Å². The first kappa shape index (κ1) is 21.7. The summed E-state index contributed by atoms with van der Waals surface area (Å²) in [6.07, 6.45) is 5.96. The number of rotatable bonds is 11. The molecule has 1 heterocycles. The Balaban J connectivity index is 1.96. The number of amides is 1. The second kappa shape index (κ2) is 11.3. The Labute approximate surface area is 167 Å². The molecule has 28 heavy (non-hydrogen) atoms. The second-order valence-electron chi connectivity index (χ2n) is 6.86. The number of aromatic nitrogens is 1. The Hall–Kier alpha value is -2.60. The summed E-state index contributed by atoms with van der Waals surface area (Å²) >= 11 is 0. The topological polar surface area (TPSA) is 86.5 Å². The van der Waals surface area contributed by atoms with Crippen LogP contribution in [0.4, 0.5) is 11.5 Å². The van der Waals surface area contributed by atoms with Gasteiger partial charge in [-0.15, -0.1) is 0 Å². The van der Waals surface area contributed by atoms with E-state index < -0.39 is 0 Å². The number of benzene rings is 1. The highest BCUT2D eigenvalue weighted by Crippen LogP contribution is 2.21. The first-order valence-electron chi connectivity index (χ1n) is 9.84. The SMILES string of the molecule is CCCCCCCOc1cccc(NC(=O)c2cc(C)c(COC)nc2N)c1. The Morgan fingerprint density at radius 2 is 1.96 bits per heavy atom. The molecule has 152 valence electrons. The van der Waals surface area contributed by atoms with Crippen molar-refractivity contribution < 1.29 is 14.3 Å². The largest absolute Gasteiger partial charge is 0.494 e. The zero-order valence-electron chi connectivity index (χ0n) is 17.1. The van der Waals surface area contributed by atoms with Gasteiger partial charge in [0.15, 0.2) is 0 Å². The molecule has 0 aliphatic heterocycles. The molecular formula is C22H31N3O3. The normalized spacial score (nSPS) is 10.7. The quantitative estimate of drug-likeness (QED) is 0.547. The first-order chi connectivity index (χ1) is 13.5. The van der Waals surface area contributed by atoms with Crippen molar-refractivity contribution in [2.45, 2.75) is 52.6 Å². The lowest BCUT2D eigenvalue weighted by atomic mass is 10.1. The highest BCUT2D eigenvalue weighted by Gasteiger charge is 2.14. The predicted octanol–water partition coefficient (Wildman–Crippen LogP) is 4.72. The van der Waals surface area contributed by atoms with Crippen molar-refractivity contribution >= 4 is 17.4 Å². The number of anilines is 2. The van der Waals surface area contributed by atoms with Gasteiger partial charge in [-0.3, -0.25) is 4.79 Å². The van der Waals surface area contributed by atoms with Crippen LogP contribution in [0, 0.1) is 6.92 Å². The van der Waals surface area contributed by atoms with Crippen LogP contribution in [0.5, 0.6) is 5.75 Å². The number of carbonyl (C=O) groups excluding carboxylic acids is 1. The molecule has 0 radical (unpaired) electrons. The number of hydrogen-bond acceptors (Lipinski definition) is 5. The third kappa shape index (κ3) is 6.53. The van der Waals surface area contributed by atoms with Gasteiger partial charge in [0.25, 0.3) is 5.91 Å².